The minimum absolute atomic E-state index is 0.166. The molecular formula is C30H44N4O5. The van der Waals surface area contributed by atoms with E-state index in [0.29, 0.717) is 29.8 Å². The summed E-state index contributed by atoms with van der Waals surface area (Å²) in [5.74, 6) is -1.52. The summed E-state index contributed by atoms with van der Waals surface area (Å²) in [5, 5.41) is 2.78. The van der Waals surface area contributed by atoms with Crippen LogP contribution in [0.5, 0.6) is 0 Å². The highest BCUT2D eigenvalue weighted by molar-refractivity contribution is 6.06. The van der Waals surface area contributed by atoms with Crippen molar-refractivity contribution >= 4 is 29.2 Å². The highest BCUT2D eigenvalue weighted by Crippen LogP contribution is 2.20. The maximum atomic E-state index is 12.9. The number of anilines is 2. The first-order chi connectivity index (χ1) is 18.7. The average Bonchev–Trinajstić information content (AvgIpc) is 2.94. The topological polar surface area (TPSA) is 114 Å². The predicted molar refractivity (Wildman–Crippen MR) is 155 cm³/mol. The number of aryl methyl sites for hydroxylation is 1. The minimum Gasteiger partial charge on any atom is -0.462 e. The maximum Gasteiger partial charge on any atom is 0.338 e. The highest BCUT2D eigenvalue weighted by Gasteiger charge is 2.17. The van der Waals surface area contributed by atoms with Crippen molar-refractivity contribution in [2.75, 3.05) is 63.5 Å². The molecule has 0 spiro atoms. The molecule has 3 N–H and O–H groups in total. The number of nitrogens with zero attached hydrogens (tertiary/aromatic N) is 2. The van der Waals surface area contributed by atoms with E-state index in [1.165, 1.54) is 18.2 Å². The molecule has 39 heavy (non-hydrogen) atoms. The Labute approximate surface area is 232 Å². The van der Waals surface area contributed by atoms with Gasteiger partial charge in [0.1, 0.15) is 0 Å². The second-order valence-electron chi connectivity index (χ2n) is 9.36. The van der Waals surface area contributed by atoms with Crippen molar-refractivity contribution in [2.24, 2.45) is 0 Å². The first-order valence-electron chi connectivity index (χ1n) is 13.8. The van der Waals surface area contributed by atoms with Gasteiger partial charge in [0.2, 0.25) is 0 Å². The van der Waals surface area contributed by atoms with Crippen molar-refractivity contribution in [3.63, 3.8) is 0 Å². The zero-order chi connectivity index (χ0) is 28.8. The number of nitrogens with two attached hydrogens (primary N) is 1. The Morgan fingerprint density at radius 3 is 1.67 bits per heavy atom. The van der Waals surface area contributed by atoms with Crippen LogP contribution in [-0.2, 0) is 9.47 Å². The lowest BCUT2D eigenvalue weighted by molar-refractivity contribution is 0.0487. The Morgan fingerprint density at radius 1 is 0.744 bits per heavy atom. The zero-order valence-electron chi connectivity index (χ0n) is 24.0. The first kappa shape index (κ1) is 31.8. The summed E-state index contributed by atoms with van der Waals surface area (Å²) < 4.78 is 11.0. The number of nitrogens with one attached hydrogen (secondary N) is 1. The van der Waals surface area contributed by atoms with Crippen molar-refractivity contribution in [3.8, 4) is 0 Å². The minimum atomic E-state index is -0.565. The quantitative estimate of drug-likeness (QED) is 0.180. The van der Waals surface area contributed by atoms with Gasteiger partial charge < -0.3 is 30.3 Å². The van der Waals surface area contributed by atoms with Crippen LogP contribution < -0.4 is 11.1 Å². The van der Waals surface area contributed by atoms with Crippen LogP contribution in [0.25, 0.3) is 0 Å². The lowest BCUT2D eigenvalue weighted by Gasteiger charge is -2.18. The molecule has 0 saturated heterocycles. The van der Waals surface area contributed by atoms with Crippen LogP contribution in [0.3, 0.4) is 0 Å². The van der Waals surface area contributed by atoms with Crippen molar-refractivity contribution < 1.29 is 23.9 Å². The molecule has 0 atom stereocenters. The van der Waals surface area contributed by atoms with Gasteiger partial charge in [0, 0.05) is 30.0 Å². The lowest BCUT2D eigenvalue weighted by Crippen LogP contribution is -2.25. The van der Waals surface area contributed by atoms with Gasteiger partial charge in [0.25, 0.3) is 5.91 Å². The molecular weight excluding hydrogens is 496 g/mol. The van der Waals surface area contributed by atoms with Gasteiger partial charge in [-0.15, -0.1) is 0 Å². The molecule has 0 unspecified atom stereocenters. The van der Waals surface area contributed by atoms with E-state index in [0.717, 1.165) is 44.8 Å². The van der Waals surface area contributed by atoms with Crippen LogP contribution in [0.1, 0.15) is 77.2 Å². The number of nitrogen functional groups attached to an aromatic ring is 1. The number of carbonyl (C=O) groups is 3. The average molecular weight is 541 g/mol. The Morgan fingerprint density at radius 2 is 1.23 bits per heavy atom. The fourth-order valence-electron chi connectivity index (χ4n) is 4.11. The van der Waals surface area contributed by atoms with E-state index >= 15 is 0 Å². The summed E-state index contributed by atoms with van der Waals surface area (Å²) in [7, 11) is 0. The summed E-state index contributed by atoms with van der Waals surface area (Å²) in [5.41, 5.74) is 8.27. The van der Waals surface area contributed by atoms with Gasteiger partial charge in [-0.25, -0.2) is 9.59 Å². The zero-order valence-corrected chi connectivity index (χ0v) is 24.0. The van der Waals surface area contributed by atoms with Gasteiger partial charge in [-0.1, -0.05) is 27.7 Å². The molecule has 0 aliphatic heterocycles. The van der Waals surface area contributed by atoms with E-state index in [1.807, 2.05) is 6.92 Å². The molecule has 0 bridgehead atoms. The van der Waals surface area contributed by atoms with Crippen molar-refractivity contribution in [1.82, 2.24) is 9.80 Å². The Balaban J connectivity index is 2.17. The molecule has 2 aromatic rings. The van der Waals surface area contributed by atoms with E-state index < -0.39 is 11.9 Å². The Hall–Kier alpha value is -3.43. The summed E-state index contributed by atoms with van der Waals surface area (Å²) in [6.45, 7) is 16.0. The van der Waals surface area contributed by atoms with E-state index in [4.69, 9.17) is 15.2 Å². The van der Waals surface area contributed by atoms with Gasteiger partial charge >= 0.3 is 11.9 Å². The summed E-state index contributed by atoms with van der Waals surface area (Å²) in [4.78, 5) is 43.2. The largest absolute Gasteiger partial charge is 0.462 e. The molecule has 0 aromatic heterocycles. The van der Waals surface area contributed by atoms with E-state index in [-0.39, 0.29) is 30.2 Å². The Kier molecular flexibility index (Phi) is 13.5. The van der Waals surface area contributed by atoms with Crippen molar-refractivity contribution in [1.29, 1.82) is 0 Å². The molecule has 214 valence electrons. The van der Waals surface area contributed by atoms with Gasteiger partial charge in [-0.05, 0) is 87.9 Å². The number of carbonyl (C=O) groups excluding carboxylic acids is 3. The second-order valence-corrected chi connectivity index (χ2v) is 9.36. The molecule has 2 aromatic carbocycles. The van der Waals surface area contributed by atoms with Gasteiger partial charge in [0.05, 0.1) is 24.3 Å². The smallest absolute Gasteiger partial charge is 0.338 e. The third-order valence-corrected chi connectivity index (χ3v) is 6.69. The third kappa shape index (κ3) is 10.3. The molecule has 9 heteroatoms. The molecule has 0 fully saturated rings. The maximum absolute atomic E-state index is 12.9. The van der Waals surface area contributed by atoms with Crippen LogP contribution in [0, 0.1) is 6.92 Å². The van der Waals surface area contributed by atoms with Gasteiger partial charge in [-0.2, -0.15) is 0 Å². The highest BCUT2D eigenvalue weighted by atomic mass is 16.5. The first-order valence-corrected chi connectivity index (χ1v) is 13.8. The van der Waals surface area contributed by atoms with E-state index in [1.54, 1.807) is 18.2 Å². The van der Waals surface area contributed by atoms with Crippen LogP contribution in [0.2, 0.25) is 0 Å². The van der Waals surface area contributed by atoms with Crippen LogP contribution >= 0.6 is 0 Å². The van der Waals surface area contributed by atoms with Crippen molar-refractivity contribution in [2.45, 2.75) is 47.5 Å². The molecule has 0 aliphatic carbocycles. The number of rotatable bonds is 16. The SMILES string of the molecule is CCN(CC)CCCOC(=O)c1cc(NC(=O)c2ccc(N)c(C)c2)cc(C(=O)OCCCN(CC)CC)c1. The fraction of sp³-hybridized carbons (Fsp3) is 0.500. The summed E-state index contributed by atoms with van der Waals surface area (Å²) in [6.07, 6.45) is 1.39. The van der Waals surface area contributed by atoms with Crippen LogP contribution in [0.15, 0.2) is 36.4 Å². The van der Waals surface area contributed by atoms with Gasteiger partial charge in [0.15, 0.2) is 0 Å². The van der Waals surface area contributed by atoms with E-state index in [2.05, 4.69) is 42.8 Å². The molecule has 0 heterocycles. The number of esters is 2. The monoisotopic (exact) mass is 540 g/mol. The normalized spacial score (nSPS) is 11.1. The van der Waals surface area contributed by atoms with E-state index in [9.17, 15) is 14.4 Å². The molecule has 1 amide bonds. The standard InChI is InChI=1S/C30H44N4O5/c1-6-33(7-2)14-10-16-38-29(36)24-19-25(30(37)39-17-11-15-34(8-3)9-4)21-26(20-24)32-28(35)23-12-13-27(31)22(5)18-23/h12-13,18-21H,6-11,14-17,31H2,1-5H3,(H,32,35). The Bertz CT molecular complexity index is 1050. The van der Waals surface area contributed by atoms with Crippen LogP contribution in [0.4, 0.5) is 11.4 Å². The third-order valence-electron chi connectivity index (χ3n) is 6.69. The number of ether oxygens (including phenoxy) is 2. The molecule has 2 rings (SSSR count). The number of amides is 1. The second kappa shape index (κ2) is 16.5. The summed E-state index contributed by atoms with van der Waals surface area (Å²) >= 11 is 0. The molecule has 0 aliphatic rings. The number of hydrogen-bond acceptors (Lipinski definition) is 8. The summed E-state index contributed by atoms with van der Waals surface area (Å²) in [6, 6.07) is 9.43. The molecule has 0 radical (unpaired) electrons. The number of benzene rings is 2. The van der Waals surface area contributed by atoms with Crippen molar-refractivity contribution in [3.05, 3.63) is 58.7 Å². The predicted octanol–water partition coefficient (Wildman–Crippen LogP) is 4.61. The fourth-order valence-corrected chi connectivity index (χ4v) is 4.11. The molecule has 9 nitrogen and oxygen atoms in total. The number of hydrogen-bond donors (Lipinski definition) is 2. The lowest BCUT2D eigenvalue weighted by atomic mass is 10.1. The van der Waals surface area contributed by atoms with Gasteiger partial charge in [-0.3, -0.25) is 4.79 Å². The molecule has 0 saturated carbocycles. The van der Waals surface area contributed by atoms with Crippen LogP contribution in [-0.4, -0.2) is 80.1 Å².